The Morgan fingerprint density at radius 1 is 1.58 bits per heavy atom. The molecule has 104 valence electrons. The van der Waals surface area contributed by atoms with E-state index >= 15 is 0 Å². The molecule has 2 N–H and O–H groups in total. The first-order valence-electron chi connectivity index (χ1n) is 6.51. The predicted molar refractivity (Wildman–Crippen MR) is 76.1 cm³/mol. The van der Waals surface area contributed by atoms with E-state index in [0.29, 0.717) is 17.1 Å². The number of piperidine rings is 1. The molecule has 2 atom stereocenters. The zero-order valence-corrected chi connectivity index (χ0v) is 12.5. The molecule has 1 heterocycles. The Morgan fingerprint density at radius 2 is 2.37 bits per heavy atom. The van der Waals surface area contributed by atoms with Gasteiger partial charge < -0.3 is 10.6 Å². The maximum absolute atomic E-state index is 13.3. The third-order valence-electron chi connectivity index (χ3n) is 3.45. The average molecular weight is 329 g/mol. The van der Waals surface area contributed by atoms with Crippen LogP contribution in [0.5, 0.6) is 0 Å². The molecule has 1 aromatic rings. The molecule has 2 rings (SSSR count). The third kappa shape index (κ3) is 4.01. The molecule has 0 spiro atoms. The van der Waals surface area contributed by atoms with Crippen LogP contribution in [-0.2, 0) is 11.3 Å². The van der Waals surface area contributed by atoms with E-state index in [1.54, 1.807) is 12.1 Å². The molecule has 1 aromatic carbocycles. The largest absolute Gasteiger partial charge is 0.352 e. The summed E-state index contributed by atoms with van der Waals surface area (Å²) in [6.07, 6.45) is 1.73. The topological polar surface area (TPSA) is 41.1 Å². The fourth-order valence-electron chi connectivity index (χ4n) is 2.35. The summed E-state index contributed by atoms with van der Waals surface area (Å²) >= 11 is 3.11. The number of halogens is 2. The van der Waals surface area contributed by atoms with E-state index < -0.39 is 0 Å². The Hall–Kier alpha value is -0.940. The highest BCUT2D eigenvalue weighted by atomic mass is 79.9. The SMILES string of the molecule is C[C@H]1C[C@@H](C(=O)NCc2ccc(Br)c(F)c2)CCN1. The van der Waals surface area contributed by atoms with Crippen molar-refractivity contribution in [1.29, 1.82) is 0 Å². The molecule has 1 saturated heterocycles. The van der Waals surface area contributed by atoms with Crippen LogP contribution < -0.4 is 10.6 Å². The van der Waals surface area contributed by atoms with Crippen molar-refractivity contribution in [2.24, 2.45) is 5.92 Å². The first-order chi connectivity index (χ1) is 9.06. The summed E-state index contributed by atoms with van der Waals surface area (Å²) in [5.41, 5.74) is 0.774. The first kappa shape index (κ1) is 14.5. The van der Waals surface area contributed by atoms with Gasteiger partial charge in [-0.3, -0.25) is 4.79 Å². The van der Waals surface area contributed by atoms with Gasteiger partial charge in [-0.2, -0.15) is 0 Å². The fourth-order valence-corrected chi connectivity index (χ4v) is 2.60. The Kier molecular flexibility index (Phi) is 4.93. The summed E-state index contributed by atoms with van der Waals surface area (Å²) in [5, 5.41) is 6.21. The lowest BCUT2D eigenvalue weighted by Gasteiger charge is -2.27. The second kappa shape index (κ2) is 6.48. The van der Waals surface area contributed by atoms with Crippen molar-refractivity contribution < 1.29 is 9.18 Å². The smallest absolute Gasteiger partial charge is 0.223 e. The number of carbonyl (C=O) groups excluding carboxylic acids is 1. The van der Waals surface area contributed by atoms with Crippen LogP contribution >= 0.6 is 15.9 Å². The molecule has 0 saturated carbocycles. The van der Waals surface area contributed by atoms with Crippen LogP contribution in [-0.4, -0.2) is 18.5 Å². The van der Waals surface area contributed by atoms with Crippen molar-refractivity contribution >= 4 is 21.8 Å². The zero-order valence-electron chi connectivity index (χ0n) is 10.9. The summed E-state index contributed by atoms with van der Waals surface area (Å²) in [6.45, 7) is 3.34. The standard InChI is InChI=1S/C14H18BrFN2O/c1-9-6-11(4-5-17-9)14(19)18-8-10-2-3-12(15)13(16)7-10/h2-3,7,9,11,17H,4-6,8H2,1H3,(H,18,19)/t9-,11-/m0/s1. The molecule has 0 aromatic heterocycles. The van der Waals surface area contributed by atoms with Crippen LogP contribution in [0.2, 0.25) is 0 Å². The van der Waals surface area contributed by atoms with Gasteiger partial charge in [0.15, 0.2) is 0 Å². The second-order valence-electron chi connectivity index (χ2n) is 5.04. The van der Waals surface area contributed by atoms with Crippen LogP contribution in [0.15, 0.2) is 22.7 Å². The van der Waals surface area contributed by atoms with E-state index in [-0.39, 0.29) is 17.6 Å². The molecule has 1 aliphatic heterocycles. The van der Waals surface area contributed by atoms with Gasteiger partial charge in [0.1, 0.15) is 5.82 Å². The van der Waals surface area contributed by atoms with Gasteiger partial charge in [-0.25, -0.2) is 4.39 Å². The molecule has 0 aliphatic carbocycles. The molecule has 1 amide bonds. The van der Waals surface area contributed by atoms with Crippen molar-refractivity contribution in [1.82, 2.24) is 10.6 Å². The monoisotopic (exact) mass is 328 g/mol. The van der Waals surface area contributed by atoms with Gasteiger partial charge in [-0.05, 0) is 59.9 Å². The van der Waals surface area contributed by atoms with E-state index in [1.165, 1.54) is 6.07 Å². The highest BCUT2D eigenvalue weighted by molar-refractivity contribution is 9.10. The maximum Gasteiger partial charge on any atom is 0.223 e. The minimum Gasteiger partial charge on any atom is -0.352 e. The molecular weight excluding hydrogens is 311 g/mol. The van der Waals surface area contributed by atoms with Crippen LogP contribution in [0.1, 0.15) is 25.3 Å². The molecule has 0 unspecified atom stereocenters. The third-order valence-corrected chi connectivity index (χ3v) is 4.09. The molecule has 3 nitrogen and oxygen atoms in total. The minimum absolute atomic E-state index is 0.0662. The summed E-state index contributed by atoms with van der Waals surface area (Å²) in [7, 11) is 0. The molecule has 0 bridgehead atoms. The van der Waals surface area contributed by atoms with Gasteiger partial charge >= 0.3 is 0 Å². The lowest BCUT2D eigenvalue weighted by atomic mass is 9.92. The number of nitrogens with one attached hydrogen (secondary N) is 2. The number of hydrogen-bond acceptors (Lipinski definition) is 2. The van der Waals surface area contributed by atoms with Crippen molar-refractivity contribution in [3.8, 4) is 0 Å². The molecule has 1 fully saturated rings. The van der Waals surface area contributed by atoms with Gasteiger partial charge in [0.05, 0.1) is 4.47 Å². The molecule has 5 heteroatoms. The number of hydrogen-bond donors (Lipinski definition) is 2. The van der Waals surface area contributed by atoms with E-state index in [4.69, 9.17) is 0 Å². The highest BCUT2D eigenvalue weighted by Crippen LogP contribution is 2.18. The predicted octanol–water partition coefficient (Wildman–Crippen LogP) is 2.59. The van der Waals surface area contributed by atoms with Gasteiger partial charge in [0.2, 0.25) is 5.91 Å². The van der Waals surface area contributed by atoms with Crippen LogP contribution in [0, 0.1) is 11.7 Å². The van der Waals surface area contributed by atoms with Gasteiger partial charge in [-0.15, -0.1) is 0 Å². The quantitative estimate of drug-likeness (QED) is 0.895. The van der Waals surface area contributed by atoms with Gasteiger partial charge in [0.25, 0.3) is 0 Å². The zero-order chi connectivity index (χ0) is 13.8. The molecular formula is C14H18BrFN2O. The van der Waals surface area contributed by atoms with E-state index in [2.05, 4.69) is 33.5 Å². The van der Waals surface area contributed by atoms with Crippen molar-refractivity contribution in [3.05, 3.63) is 34.1 Å². The van der Waals surface area contributed by atoms with Crippen molar-refractivity contribution in [2.75, 3.05) is 6.54 Å². The summed E-state index contributed by atoms with van der Waals surface area (Å²) < 4.78 is 13.8. The first-order valence-corrected chi connectivity index (χ1v) is 7.30. The van der Waals surface area contributed by atoms with E-state index in [1.807, 2.05) is 0 Å². The van der Waals surface area contributed by atoms with Crippen LogP contribution in [0.4, 0.5) is 4.39 Å². The Labute approximate surface area is 121 Å². The number of rotatable bonds is 3. The fraction of sp³-hybridized carbons (Fsp3) is 0.500. The second-order valence-corrected chi connectivity index (χ2v) is 5.90. The lowest BCUT2D eigenvalue weighted by molar-refractivity contribution is -0.126. The summed E-state index contributed by atoms with van der Waals surface area (Å²) in [6, 6.07) is 5.28. The number of amides is 1. The van der Waals surface area contributed by atoms with Crippen molar-refractivity contribution in [2.45, 2.75) is 32.4 Å². The molecule has 19 heavy (non-hydrogen) atoms. The normalized spacial score (nSPS) is 23.1. The van der Waals surface area contributed by atoms with Crippen molar-refractivity contribution in [3.63, 3.8) is 0 Å². The summed E-state index contributed by atoms with van der Waals surface area (Å²) in [5.74, 6) is -0.171. The minimum atomic E-state index is -0.303. The highest BCUT2D eigenvalue weighted by Gasteiger charge is 2.24. The van der Waals surface area contributed by atoms with E-state index in [9.17, 15) is 9.18 Å². The van der Waals surface area contributed by atoms with Crippen LogP contribution in [0.3, 0.4) is 0 Å². The molecule has 1 aliphatic rings. The molecule has 0 radical (unpaired) electrons. The average Bonchev–Trinajstić information content (AvgIpc) is 2.40. The maximum atomic E-state index is 13.3. The van der Waals surface area contributed by atoms with Gasteiger partial charge in [0, 0.05) is 18.5 Å². The van der Waals surface area contributed by atoms with E-state index in [0.717, 1.165) is 24.9 Å². The number of benzene rings is 1. The summed E-state index contributed by atoms with van der Waals surface area (Å²) in [4.78, 5) is 12.0. The number of carbonyl (C=O) groups is 1. The Balaban J connectivity index is 1.87. The lowest BCUT2D eigenvalue weighted by Crippen LogP contribution is -2.42. The Morgan fingerprint density at radius 3 is 3.05 bits per heavy atom. The Bertz CT molecular complexity index is 467. The van der Waals surface area contributed by atoms with Crippen LogP contribution in [0.25, 0.3) is 0 Å². The van der Waals surface area contributed by atoms with Gasteiger partial charge in [-0.1, -0.05) is 6.07 Å².